The molecule has 0 radical (unpaired) electrons. The maximum absolute atomic E-state index is 13.9. The Kier molecular flexibility index (Phi) is 5.39. The van der Waals surface area contributed by atoms with Crippen LogP contribution in [0.3, 0.4) is 0 Å². The molecule has 142 valence electrons. The van der Waals surface area contributed by atoms with Crippen molar-refractivity contribution in [2.45, 2.75) is 12.6 Å². The van der Waals surface area contributed by atoms with Gasteiger partial charge in [0.1, 0.15) is 42.2 Å². The van der Waals surface area contributed by atoms with Gasteiger partial charge < -0.3 is 9.47 Å². The van der Waals surface area contributed by atoms with Crippen molar-refractivity contribution in [3.05, 3.63) is 99.5 Å². The number of rotatable bonds is 5. The molecular formula is C22H16BrF2NO2. The molecular weight excluding hydrogens is 428 g/mol. The monoisotopic (exact) mass is 443 g/mol. The van der Waals surface area contributed by atoms with E-state index in [0.29, 0.717) is 6.61 Å². The number of hydrogen-bond donors (Lipinski definition) is 0. The largest absolute Gasteiger partial charge is 0.489 e. The lowest BCUT2D eigenvalue weighted by Gasteiger charge is -2.09. The van der Waals surface area contributed by atoms with Gasteiger partial charge in [-0.15, -0.1) is 0 Å². The SMILES string of the molecule is Fc1cccc(F)c1C1=NC(c2ccc(COc3ccc(Br)cc3)cc2)CO1. The van der Waals surface area contributed by atoms with Gasteiger partial charge in [0.25, 0.3) is 0 Å². The first-order chi connectivity index (χ1) is 13.6. The van der Waals surface area contributed by atoms with Crippen LogP contribution in [0, 0.1) is 11.6 Å². The second kappa shape index (κ2) is 8.10. The first kappa shape index (κ1) is 18.6. The van der Waals surface area contributed by atoms with E-state index >= 15 is 0 Å². The zero-order chi connectivity index (χ0) is 19.5. The number of ether oxygens (including phenoxy) is 2. The normalized spacial score (nSPS) is 15.8. The molecule has 1 atom stereocenters. The van der Waals surface area contributed by atoms with Gasteiger partial charge in [-0.2, -0.15) is 0 Å². The number of nitrogens with zero attached hydrogens (tertiary/aromatic N) is 1. The fourth-order valence-corrected chi connectivity index (χ4v) is 3.18. The first-order valence-electron chi connectivity index (χ1n) is 8.72. The molecule has 1 heterocycles. The van der Waals surface area contributed by atoms with Crippen molar-refractivity contribution in [2.75, 3.05) is 6.61 Å². The van der Waals surface area contributed by atoms with Gasteiger partial charge in [0.2, 0.25) is 5.90 Å². The van der Waals surface area contributed by atoms with Gasteiger partial charge in [-0.1, -0.05) is 46.3 Å². The van der Waals surface area contributed by atoms with Gasteiger partial charge in [-0.3, -0.25) is 0 Å². The molecule has 0 amide bonds. The Balaban J connectivity index is 1.44. The first-order valence-corrected chi connectivity index (χ1v) is 9.51. The Bertz CT molecular complexity index is 984. The summed E-state index contributed by atoms with van der Waals surface area (Å²) in [4.78, 5) is 4.36. The Labute approximate surface area is 169 Å². The fraction of sp³-hybridized carbons (Fsp3) is 0.136. The van der Waals surface area contributed by atoms with Crippen LogP contribution in [-0.2, 0) is 11.3 Å². The highest BCUT2D eigenvalue weighted by atomic mass is 79.9. The van der Waals surface area contributed by atoms with E-state index in [1.807, 2.05) is 48.5 Å². The van der Waals surface area contributed by atoms with Crippen LogP contribution in [0.4, 0.5) is 8.78 Å². The molecule has 0 spiro atoms. The minimum atomic E-state index is -0.681. The third-order valence-corrected chi connectivity index (χ3v) is 4.94. The zero-order valence-corrected chi connectivity index (χ0v) is 16.3. The van der Waals surface area contributed by atoms with Gasteiger partial charge in [0, 0.05) is 4.47 Å². The van der Waals surface area contributed by atoms with Crippen molar-refractivity contribution in [1.82, 2.24) is 0 Å². The highest BCUT2D eigenvalue weighted by molar-refractivity contribution is 9.10. The number of halogens is 3. The molecule has 0 N–H and O–H groups in total. The Morgan fingerprint density at radius 1 is 0.964 bits per heavy atom. The van der Waals surface area contributed by atoms with Gasteiger partial charge in [0.15, 0.2) is 0 Å². The lowest BCUT2D eigenvalue weighted by atomic mass is 10.1. The van der Waals surface area contributed by atoms with Crippen molar-refractivity contribution in [1.29, 1.82) is 0 Å². The lowest BCUT2D eigenvalue weighted by Crippen LogP contribution is -2.07. The van der Waals surface area contributed by atoms with E-state index < -0.39 is 11.6 Å². The van der Waals surface area contributed by atoms with Crippen LogP contribution < -0.4 is 4.74 Å². The number of hydrogen-bond acceptors (Lipinski definition) is 3. The summed E-state index contributed by atoms with van der Waals surface area (Å²) in [7, 11) is 0. The van der Waals surface area contributed by atoms with E-state index in [1.165, 1.54) is 18.2 Å². The van der Waals surface area contributed by atoms with Gasteiger partial charge in [-0.25, -0.2) is 13.8 Å². The van der Waals surface area contributed by atoms with E-state index in [9.17, 15) is 8.78 Å². The number of benzene rings is 3. The van der Waals surface area contributed by atoms with Crippen LogP contribution >= 0.6 is 15.9 Å². The molecule has 6 heteroatoms. The molecule has 4 rings (SSSR count). The van der Waals surface area contributed by atoms with Crippen molar-refractivity contribution >= 4 is 21.8 Å². The summed E-state index contributed by atoms with van der Waals surface area (Å²) in [5.74, 6) is -0.569. The second-order valence-electron chi connectivity index (χ2n) is 6.34. The molecule has 1 unspecified atom stereocenters. The maximum atomic E-state index is 13.9. The van der Waals surface area contributed by atoms with Gasteiger partial charge >= 0.3 is 0 Å². The van der Waals surface area contributed by atoms with Crippen LogP contribution in [0.25, 0.3) is 0 Å². The van der Waals surface area contributed by atoms with Crippen LogP contribution in [-0.4, -0.2) is 12.5 Å². The Morgan fingerprint density at radius 2 is 1.64 bits per heavy atom. The van der Waals surface area contributed by atoms with E-state index in [-0.39, 0.29) is 24.1 Å². The summed E-state index contributed by atoms with van der Waals surface area (Å²) in [6.45, 7) is 0.690. The van der Waals surface area contributed by atoms with Crippen molar-refractivity contribution in [2.24, 2.45) is 4.99 Å². The average molecular weight is 444 g/mol. The Morgan fingerprint density at radius 3 is 2.32 bits per heavy atom. The highest BCUT2D eigenvalue weighted by Crippen LogP contribution is 2.27. The molecule has 3 aromatic rings. The molecule has 3 nitrogen and oxygen atoms in total. The second-order valence-corrected chi connectivity index (χ2v) is 7.26. The number of aliphatic imine (C=N–C) groups is 1. The molecule has 0 saturated carbocycles. The molecule has 0 bridgehead atoms. The van der Waals surface area contributed by atoms with E-state index in [4.69, 9.17) is 9.47 Å². The predicted molar refractivity (Wildman–Crippen MR) is 107 cm³/mol. The molecule has 0 aliphatic carbocycles. The fourth-order valence-electron chi connectivity index (χ4n) is 2.92. The van der Waals surface area contributed by atoms with Gasteiger partial charge in [0.05, 0.1) is 0 Å². The minimum absolute atomic E-state index is 0.00301. The van der Waals surface area contributed by atoms with E-state index in [0.717, 1.165) is 21.3 Å². The summed E-state index contributed by atoms with van der Waals surface area (Å²) in [6.07, 6.45) is 0. The highest BCUT2D eigenvalue weighted by Gasteiger charge is 2.26. The van der Waals surface area contributed by atoms with Crippen LogP contribution in [0.5, 0.6) is 5.75 Å². The third kappa shape index (κ3) is 4.07. The molecule has 28 heavy (non-hydrogen) atoms. The van der Waals surface area contributed by atoms with Crippen LogP contribution in [0.15, 0.2) is 76.2 Å². The molecule has 3 aromatic carbocycles. The van der Waals surface area contributed by atoms with Crippen molar-refractivity contribution < 1.29 is 18.3 Å². The summed E-state index contributed by atoms with van der Waals surface area (Å²) in [5, 5.41) is 0. The lowest BCUT2D eigenvalue weighted by molar-refractivity contribution is 0.306. The molecule has 0 fully saturated rings. The molecule has 0 aromatic heterocycles. The third-order valence-electron chi connectivity index (χ3n) is 4.41. The smallest absolute Gasteiger partial charge is 0.222 e. The van der Waals surface area contributed by atoms with E-state index in [2.05, 4.69) is 20.9 Å². The Hall–Kier alpha value is -2.73. The van der Waals surface area contributed by atoms with E-state index in [1.54, 1.807) is 0 Å². The van der Waals surface area contributed by atoms with Crippen LogP contribution in [0.1, 0.15) is 22.7 Å². The molecule has 0 saturated heterocycles. The average Bonchev–Trinajstić information content (AvgIpc) is 3.17. The summed E-state index contributed by atoms with van der Waals surface area (Å²) in [5.41, 5.74) is 1.71. The minimum Gasteiger partial charge on any atom is -0.489 e. The van der Waals surface area contributed by atoms with Gasteiger partial charge in [-0.05, 0) is 47.5 Å². The maximum Gasteiger partial charge on any atom is 0.222 e. The van der Waals surface area contributed by atoms with Crippen molar-refractivity contribution in [3.63, 3.8) is 0 Å². The summed E-state index contributed by atoms with van der Waals surface area (Å²) in [6, 6.07) is 18.8. The summed E-state index contributed by atoms with van der Waals surface area (Å²) >= 11 is 3.39. The predicted octanol–water partition coefficient (Wildman–Crippen LogP) is 5.82. The van der Waals surface area contributed by atoms with Crippen molar-refractivity contribution in [3.8, 4) is 5.75 Å². The summed E-state index contributed by atoms with van der Waals surface area (Å²) < 4.78 is 40.0. The topological polar surface area (TPSA) is 30.8 Å². The zero-order valence-electron chi connectivity index (χ0n) is 14.7. The standard InChI is InChI=1S/C22H16BrF2NO2/c23-16-8-10-17(11-9-16)27-12-14-4-6-15(7-5-14)20-13-28-22(26-20)21-18(24)2-1-3-19(21)25/h1-11,20H,12-13H2. The molecule has 1 aliphatic heterocycles. The quantitative estimate of drug-likeness (QED) is 0.496. The molecule has 1 aliphatic rings. The van der Waals surface area contributed by atoms with Crippen LogP contribution in [0.2, 0.25) is 0 Å².